The average Bonchev–Trinajstić information content (AvgIpc) is 3.48. The Morgan fingerprint density at radius 2 is 1.77 bits per heavy atom. The van der Waals surface area contributed by atoms with Crippen molar-refractivity contribution in [2.45, 2.75) is 52.1 Å². The third kappa shape index (κ3) is 5.30. The van der Waals surface area contributed by atoms with Crippen LogP contribution in [0.15, 0.2) is 48.5 Å². The number of carbonyl (C=O) groups excluding carboxylic acids is 1. The molecule has 0 saturated carbocycles. The summed E-state index contributed by atoms with van der Waals surface area (Å²) in [7, 11) is 0. The highest BCUT2D eigenvalue weighted by Crippen LogP contribution is 2.33. The normalized spacial score (nSPS) is 15.6. The van der Waals surface area contributed by atoms with Crippen molar-refractivity contribution in [2.24, 2.45) is 0 Å². The van der Waals surface area contributed by atoms with Crippen molar-refractivity contribution in [2.75, 3.05) is 30.3 Å². The Hall–Kier alpha value is -3.45. The van der Waals surface area contributed by atoms with Gasteiger partial charge in [-0.3, -0.25) is 14.6 Å². The van der Waals surface area contributed by atoms with Crippen LogP contribution in [0.1, 0.15) is 49.3 Å². The molecule has 2 aliphatic heterocycles. The number of unbranched alkanes of at least 4 members (excludes halogenated alkanes) is 1. The number of fused-ring (bicyclic) bond motifs is 1. The summed E-state index contributed by atoms with van der Waals surface area (Å²) in [6, 6.07) is 17.4. The fourth-order valence-electron chi connectivity index (χ4n) is 4.79. The highest BCUT2D eigenvalue weighted by atomic mass is 16.5. The van der Waals surface area contributed by atoms with Crippen LogP contribution in [0.5, 0.6) is 6.01 Å². The third-order valence-electron chi connectivity index (χ3n) is 6.77. The number of ether oxygens (including phenoxy) is 1. The van der Waals surface area contributed by atoms with Crippen molar-refractivity contribution >= 4 is 17.5 Å². The zero-order valence-electron chi connectivity index (χ0n) is 20.4. The Morgan fingerprint density at radius 1 is 0.971 bits per heavy atom. The molecule has 1 amide bonds. The first-order chi connectivity index (χ1) is 17.1. The van der Waals surface area contributed by atoms with E-state index < -0.39 is 0 Å². The SMILES string of the molecule is CCCCOc1nc(N)c2c(n1)N(Cc1cccc(-c3ccc(CN4CCCC4)cc3)c1)C(=O)C2. The van der Waals surface area contributed by atoms with Crippen LogP contribution in [-0.4, -0.2) is 40.5 Å². The predicted molar refractivity (Wildman–Crippen MR) is 138 cm³/mol. The summed E-state index contributed by atoms with van der Waals surface area (Å²) in [5.41, 5.74) is 11.5. The molecular weight excluding hydrogens is 438 g/mol. The Labute approximate surface area is 206 Å². The number of aromatic nitrogens is 2. The number of nitrogen functional groups attached to an aromatic ring is 1. The summed E-state index contributed by atoms with van der Waals surface area (Å²) in [5, 5.41) is 0. The molecular formula is C28H33N5O2. The molecule has 2 aliphatic rings. The maximum Gasteiger partial charge on any atom is 0.320 e. The van der Waals surface area contributed by atoms with E-state index in [0.29, 0.717) is 30.4 Å². The molecule has 7 nitrogen and oxygen atoms in total. The maximum atomic E-state index is 12.9. The summed E-state index contributed by atoms with van der Waals surface area (Å²) < 4.78 is 5.67. The van der Waals surface area contributed by atoms with Crippen molar-refractivity contribution in [3.8, 4) is 17.1 Å². The summed E-state index contributed by atoms with van der Waals surface area (Å²) in [6.45, 7) is 6.47. The van der Waals surface area contributed by atoms with Crippen LogP contribution >= 0.6 is 0 Å². The van der Waals surface area contributed by atoms with E-state index in [4.69, 9.17) is 10.5 Å². The average molecular weight is 472 g/mol. The number of amides is 1. The van der Waals surface area contributed by atoms with Gasteiger partial charge in [-0.15, -0.1) is 0 Å². The van der Waals surface area contributed by atoms with Crippen LogP contribution < -0.4 is 15.4 Å². The number of rotatable bonds is 9. The van der Waals surface area contributed by atoms with Gasteiger partial charge < -0.3 is 10.5 Å². The summed E-state index contributed by atoms with van der Waals surface area (Å²) in [5.74, 6) is 0.856. The summed E-state index contributed by atoms with van der Waals surface area (Å²) >= 11 is 0. The van der Waals surface area contributed by atoms with Gasteiger partial charge in [0.15, 0.2) is 0 Å². The minimum Gasteiger partial charge on any atom is -0.463 e. The van der Waals surface area contributed by atoms with Crippen molar-refractivity contribution in [3.05, 3.63) is 65.2 Å². The fourth-order valence-corrected chi connectivity index (χ4v) is 4.79. The Bertz CT molecular complexity index is 1190. The van der Waals surface area contributed by atoms with Gasteiger partial charge >= 0.3 is 6.01 Å². The van der Waals surface area contributed by atoms with Crippen LogP contribution in [-0.2, 0) is 24.3 Å². The molecule has 2 N–H and O–H groups in total. The molecule has 0 radical (unpaired) electrons. The standard InChI is InChI=1S/C28H33N5O2/c1-2-3-15-35-28-30-26(29)24-17-25(34)33(27(24)31-28)19-21-7-6-8-23(16-21)22-11-9-20(10-12-22)18-32-13-4-5-14-32/h6-12,16H,2-5,13-15,17-19H2,1H3,(H2,29,30,31). The summed E-state index contributed by atoms with van der Waals surface area (Å²) in [4.78, 5) is 25.8. The minimum atomic E-state index is -0.0247. The van der Waals surface area contributed by atoms with Crippen molar-refractivity contribution in [3.63, 3.8) is 0 Å². The van der Waals surface area contributed by atoms with E-state index in [2.05, 4.69) is 58.2 Å². The van der Waals surface area contributed by atoms with Crippen LogP contribution in [0.25, 0.3) is 11.1 Å². The number of hydrogen-bond acceptors (Lipinski definition) is 6. The van der Waals surface area contributed by atoms with Gasteiger partial charge in [0.25, 0.3) is 0 Å². The highest BCUT2D eigenvalue weighted by molar-refractivity contribution is 6.01. The van der Waals surface area contributed by atoms with E-state index in [9.17, 15) is 4.79 Å². The number of likely N-dealkylation sites (tertiary alicyclic amines) is 1. The molecule has 3 heterocycles. The van der Waals surface area contributed by atoms with Gasteiger partial charge in [-0.25, -0.2) is 0 Å². The number of anilines is 2. The van der Waals surface area contributed by atoms with Crippen LogP contribution in [0, 0.1) is 0 Å². The molecule has 0 bridgehead atoms. The van der Waals surface area contributed by atoms with E-state index in [1.165, 1.54) is 37.1 Å². The lowest BCUT2D eigenvalue weighted by Crippen LogP contribution is -2.26. The van der Waals surface area contributed by atoms with E-state index >= 15 is 0 Å². The second-order valence-corrected chi connectivity index (χ2v) is 9.43. The summed E-state index contributed by atoms with van der Waals surface area (Å²) in [6.07, 6.45) is 4.76. The monoisotopic (exact) mass is 471 g/mol. The Morgan fingerprint density at radius 3 is 2.54 bits per heavy atom. The van der Waals surface area contributed by atoms with Gasteiger partial charge in [0.2, 0.25) is 5.91 Å². The molecule has 1 aromatic heterocycles. The lowest BCUT2D eigenvalue weighted by atomic mass is 10.0. The van der Waals surface area contributed by atoms with Gasteiger partial charge in [-0.2, -0.15) is 9.97 Å². The number of nitrogens with zero attached hydrogens (tertiary/aromatic N) is 4. The molecule has 1 saturated heterocycles. The van der Waals surface area contributed by atoms with Crippen molar-refractivity contribution < 1.29 is 9.53 Å². The van der Waals surface area contributed by atoms with E-state index in [1.54, 1.807) is 4.90 Å². The number of benzene rings is 2. The first-order valence-corrected chi connectivity index (χ1v) is 12.6. The fraction of sp³-hybridized carbons (Fsp3) is 0.393. The van der Waals surface area contributed by atoms with E-state index in [1.807, 2.05) is 12.1 Å². The Balaban J connectivity index is 1.32. The van der Waals surface area contributed by atoms with Gasteiger partial charge in [0.05, 0.1) is 19.6 Å². The first-order valence-electron chi connectivity index (χ1n) is 12.6. The number of carbonyl (C=O) groups is 1. The number of hydrogen-bond donors (Lipinski definition) is 1. The maximum absolute atomic E-state index is 12.9. The van der Waals surface area contributed by atoms with Gasteiger partial charge in [0, 0.05) is 12.1 Å². The molecule has 0 atom stereocenters. The molecule has 35 heavy (non-hydrogen) atoms. The van der Waals surface area contributed by atoms with Crippen LogP contribution in [0.4, 0.5) is 11.6 Å². The predicted octanol–water partition coefficient (Wildman–Crippen LogP) is 4.59. The lowest BCUT2D eigenvalue weighted by Gasteiger charge is -2.18. The molecule has 3 aromatic rings. The largest absolute Gasteiger partial charge is 0.463 e. The molecule has 1 fully saturated rings. The zero-order valence-corrected chi connectivity index (χ0v) is 20.4. The molecule has 0 spiro atoms. The molecule has 0 unspecified atom stereocenters. The van der Waals surface area contributed by atoms with Crippen molar-refractivity contribution in [1.29, 1.82) is 0 Å². The van der Waals surface area contributed by atoms with Gasteiger partial charge in [-0.05, 0) is 60.7 Å². The first kappa shape index (κ1) is 23.3. The molecule has 5 rings (SSSR count). The molecule has 182 valence electrons. The third-order valence-corrected chi connectivity index (χ3v) is 6.77. The molecule has 0 aliphatic carbocycles. The minimum absolute atomic E-state index is 0.0247. The smallest absolute Gasteiger partial charge is 0.320 e. The second-order valence-electron chi connectivity index (χ2n) is 9.43. The van der Waals surface area contributed by atoms with Gasteiger partial charge in [0.1, 0.15) is 11.6 Å². The second kappa shape index (κ2) is 10.4. The van der Waals surface area contributed by atoms with Crippen molar-refractivity contribution in [1.82, 2.24) is 14.9 Å². The number of nitrogens with two attached hydrogens (primary N) is 1. The lowest BCUT2D eigenvalue weighted by molar-refractivity contribution is -0.117. The zero-order chi connectivity index (χ0) is 24.2. The van der Waals surface area contributed by atoms with Gasteiger partial charge in [-0.1, -0.05) is 55.8 Å². The van der Waals surface area contributed by atoms with E-state index in [0.717, 1.165) is 30.5 Å². The molecule has 2 aromatic carbocycles. The van der Waals surface area contributed by atoms with Crippen LogP contribution in [0.2, 0.25) is 0 Å². The van der Waals surface area contributed by atoms with Crippen LogP contribution in [0.3, 0.4) is 0 Å². The Kier molecular flexibility index (Phi) is 6.95. The quantitative estimate of drug-likeness (QED) is 0.460. The molecule has 7 heteroatoms. The van der Waals surface area contributed by atoms with E-state index in [-0.39, 0.29) is 18.3 Å². The topological polar surface area (TPSA) is 84.6 Å². The highest BCUT2D eigenvalue weighted by Gasteiger charge is 2.32.